The molecule has 2 heterocycles. The summed E-state index contributed by atoms with van der Waals surface area (Å²) in [7, 11) is 0. The Kier molecular flexibility index (Phi) is 5.23. The number of hydrogen-bond acceptors (Lipinski definition) is 1. The van der Waals surface area contributed by atoms with E-state index in [9.17, 15) is 9.18 Å². The van der Waals surface area contributed by atoms with Gasteiger partial charge in [-0.3, -0.25) is 0 Å². The maximum Gasteiger partial charge on any atom is 0.322 e. The van der Waals surface area contributed by atoms with Gasteiger partial charge < -0.3 is 14.8 Å². The van der Waals surface area contributed by atoms with Crippen LogP contribution in [0.5, 0.6) is 0 Å². The number of nitrogens with zero attached hydrogens (tertiary/aromatic N) is 2. The summed E-state index contributed by atoms with van der Waals surface area (Å²) < 4.78 is 15.5. The third-order valence-electron chi connectivity index (χ3n) is 6.02. The van der Waals surface area contributed by atoms with E-state index in [1.54, 1.807) is 12.1 Å². The normalized spacial score (nSPS) is 14.9. The van der Waals surface area contributed by atoms with Gasteiger partial charge >= 0.3 is 6.03 Å². The van der Waals surface area contributed by atoms with Crippen LogP contribution in [0.15, 0.2) is 91.1 Å². The molecule has 4 nitrogen and oxygen atoms in total. The Balaban J connectivity index is 1.61. The maximum atomic E-state index is 13.6. The minimum absolute atomic E-state index is 0.231. The molecule has 0 spiro atoms. The van der Waals surface area contributed by atoms with Crippen LogP contribution in [-0.4, -0.2) is 15.5 Å². The van der Waals surface area contributed by atoms with Crippen molar-refractivity contribution in [3.8, 4) is 5.69 Å². The van der Waals surface area contributed by atoms with E-state index in [4.69, 9.17) is 0 Å². The van der Waals surface area contributed by atoms with Gasteiger partial charge in [0.05, 0.1) is 18.3 Å². The highest BCUT2D eigenvalue weighted by atomic mass is 19.1. The number of urea groups is 1. The summed E-state index contributed by atoms with van der Waals surface area (Å²) in [5.74, 6) is -0.335. The van der Waals surface area contributed by atoms with Crippen LogP contribution in [-0.2, 0) is 13.0 Å². The molecular formula is C27H24FN3O. The summed E-state index contributed by atoms with van der Waals surface area (Å²) in [4.78, 5) is 15.4. The van der Waals surface area contributed by atoms with Crippen molar-refractivity contribution in [1.82, 2.24) is 9.47 Å². The van der Waals surface area contributed by atoms with Crippen molar-refractivity contribution in [3.05, 3.63) is 119 Å². The number of rotatable bonds is 3. The minimum atomic E-state index is -0.335. The van der Waals surface area contributed by atoms with Gasteiger partial charge in [0.2, 0.25) is 0 Å². The van der Waals surface area contributed by atoms with Crippen LogP contribution >= 0.6 is 0 Å². The van der Waals surface area contributed by atoms with Crippen LogP contribution in [0, 0.1) is 5.82 Å². The third-order valence-corrected chi connectivity index (χ3v) is 6.02. The Morgan fingerprint density at radius 1 is 0.969 bits per heavy atom. The van der Waals surface area contributed by atoms with Crippen molar-refractivity contribution in [2.75, 3.05) is 5.32 Å². The Morgan fingerprint density at radius 3 is 2.47 bits per heavy atom. The molecule has 0 saturated heterocycles. The molecule has 1 atom stereocenters. The quantitative estimate of drug-likeness (QED) is 0.410. The van der Waals surface area contributed by atoms with Gasteiger partial charge in [0.25, 0.3) is 0 Å². The summed E-state index contributed by atoms with van der Waals surface area (Å²) >= 11 is 0. The Hall–Kier alpha value is -3.86. The first-order valence-corrected chi connectivity index (χ1v) is 10.8. The predicted octanol–water partition coefficient (Wildman–Crippen LogP) is 6.32. The molecule has 4 aromatic rings. The van der Waals surface area contributed by atoms with Crippen molar-refractivity contribution in [2.24, 2.45) is 0 Å². The number of para-hydroxylation sites is 1. The highest BCUT2D eigenvalue weighted by Gasteiger charge is 2.33. The monoisotopic (exact) mass is 425 g/mol. The number of carbonyl (C=O) groups excluding carboxylic acids is 1. The molecule has 5 heteroatoms. The second-order valence-corrected chi connectivity index (χ2v) is 7.99. The molecule has 0 bridgehead atoms. The van der Waals surface area contributed by atoms with Crippen LogP contribution in [0.4, 0.5) is 14.9 Å². The number of halogens is 1. The fraction of sp³-hybridized carbons (Fsp3) is 0.148. The summed E-state index contributed by atoms with van der Waals surface area (Å²) in [5, 5.41) is 2.95. The Bertz CT molecular complexity index is 1240. The molecule has 0 aliphatic carbocycles. The first-order valence-electron chi connectivity index (χ1n) is 10.8. The molecule has 5 rings (SSSR count). The molecule has 0 fully saturated rings. The number of amides is 2. The van der Waals surface area contributed by atoms with Crippen molar-refractivity contribution >= 4 is 11.7 Å². The second kappa shape index (κ2) is 8.35. The van der Waals surface area contributed by atoms with Gasteiger partial charge in [0.1, 0.15) is 5.82 Å². The summed E-state index contributed by atoms with van der Waals surface area (Å²) in [5.41, 5.74) is 6.01. The Morgan fingerprint density at radius 2 is 1.72 bits per heavy atom. The van der Waals surface area contributed by atoms with Gasteiger partial charge in [-0.25, -0.2) is 9.18 Å². The number of fused-ring (bicyclic) bond motifs is 3. The smallest absolute Gasteiger partial charge is 0.318 e. The van der Waals surface area contributed by atoms with Gasteiger partial charge in [-0.2, -0.15) is 0 Å². The second-order valence-electron chi connectivity index (χ2n) is 7.99. The fourth-order valence-electron chi connectivity index (χ4n) is 4.35. The first kappa shape index (κ1) is 20.1. The van der Waals surface area contributed by atoms with Gasteiger partial charge in [-0.15, -0.1) is 0 Å². The maximum absolute atomic E-state index is 13.6. The predicted molar refractivity (Wildman–Crippen MR) is 124 cm³/mol. The van der Waals surface area contributed by atoms with E-state index >= 15 is 0 Å². The lowest BCUT2D eigenvalue weighted by Crippen LogP contribution is -2.37. The van der Waals surface area contributed by atoms with Crippen molar-refractivity contribution in [3.63, 3.8) is 0 Å². The largest absolute Gasteiger partial charge is 0.322 e. The van der Waals surface area contributed by atoms with E-state index in [0.717, 1.165) is 28.9 Å². The number of nitrogens with one attached hydrogen (secondary N) is 1. The number of carbonyl (C=O) groups is 1. The lowest BCUT2D eigenvalue weighted by molar-refractivity contribution is 0.194. The third kappa shape index (κ3) is 3.66. The van der Waals surface area contributed by atoms with Crippen LogP contribution in [0.3, 0.4) is 0 Å². The fourth-order valence-corrected chi connectivity index (χ4v) is 4.35. The minimum Gasteiger partial charge on any atom is -0.318 e. The molecular weight excluding hydrogens is 401 g/mol. The number of anilines is 1. The van der Waals surface area contributed by atoms with Gasteiger partial charge in [-0.1, -0.05) is 49.4 Å². The van der Waals surface area contributed by atoms with E-state index < -0.39 is 0 Å². The zero-order valence-corrected chi connectivity index (χ0v) is 17.8. The van der Waals surface area contributed by atoms with Crippen molar-refractivity contribution < 1.29 is 9.18 Å². The van der Waals surface area contributed by atoms with Gasteiger partial charge in [0.15, 0.2) is 0 Å². The highest BCUT2D eigenvalue weighted by Crippen LogP contribution is 2.37. The number of benzene rings is 3. The van der Waals surface area contributed by atoms with E-state index in [0.29, 0.717) is 12.2 Å². The molecule has 32 heavy (non-hydrogen) atoms. The molecule has 1 N–H and O–H groups in total. The lowest BCUT2D eigenvalue weighted by Gasteiger charge is -2.31. The number of aryl methyl sites for hydroxylation is 1. The van der Waals surface area contributed by atoms with Crippen LogP contribution in [0.1, 0.15) is 35.3 Å². The standard InChI is InChI=1S/C27H24FN3O/c1-2-19-9-11-20(12-10-19)26-25-8-5-17-30(25)24-7-4-3-6-21(24)18-31(26)27(32)29-23-15-13-22(28)14-16-23/h3-17,26H,2,18H2,1H3,(H,29,32)/t26-/m0/s1. The van der Waals surface area contributed by atoms with E-state index in [-0.39, 0.29) is 17.9 Å². The number of aromatic nitrogens is 1. The first-order chi connectivity index (χ1) is 15.6. The van der Waals surface area contributed by atoms with Gasteiger partial charge in [0, 0.05) is 17.6 Å². The van der Waals surface area contributed by atoms with Gasteiger partial charge in [-0.05, 0) is 65.6 Å². The van der Waals surface area contributed by atoms with E-state index in [1.165, 1.54) is 17.7 Å². The summed E-state index contributed by atoms with van der Waals surface area (Å²) in [6.45, 7) is 2.58. The Labute approximate surface area is 186 Å². The summed E-state index contributed by atoms with van der Waals surface area (Å²) in [6, 6.07) is 26.0. The molecule has 1 aliphatic heterocycles. The molecule has 3 aromatic carbocycles. The molecule has 1 aromatic heterocycles. The average Bonchev–Trinajstić information content (AvgIpc) is 3.25. The van der Waals surface area contributed by atoms with E-state index in [1.807, 2.05) is 29.3 Å². The topological polar surface area (TPSA) is 37.3 Å². The molecule has 2 amide bonds. The highest BCUT2D eigenvalue weighted by molar-refractivity contribution is 5.90. The average molecular weight is 426 g/mol. The molecule has 160 valence electrons. The summed E-state index contributed by atoms with van der Waals surface area (Å²) in [6.07, 6.45) is 3.00. The van der Waals surface area contributed by atoms with Crippen LogP contribution in [0.2, 0.25) is 0 Å². The SMILES string of the molecule is CCc1ccc([C@H]2c3cccn3-c3ccccc3CN2C(=O)Nc2ccc(F)cc2)cc1. The van der Waals surface area contributed by atoms with Crippen molar-refractivity contribution in [1.29, 1.82) is 0 Å². The zero-order chi connectivity index (χ0) is 22.1. The van der Waals surface area contributed by atoms with Crippen molar-refractivity contribution in [2.45, 2.75) is 25.9 Å². The van der Waals surface area contributed by atoms with Crippen LogP contribution < -0.4 is 5.32 Å². The van der Waals surface area contributed by atoms with Crippen LogP contribution in [0.25, 0.3) is 5.69 Å². The molecule has 0 saturated carbocycles. The molecule has 0 unspecified atom stereocenters. The zero-order valence-electron chi connectivity index (χ0n) is 17.8. The lowest BCUT2D eigenvalue weighted by atomic mass is 10.00. The molecule has 0 radical (unpaired) electrons. The van der Waals surface area contributed by atoms with E-state index in [2.05, 4.69) is 59.3 Å². The number of hydrogen-bond donors (Lipinski definition) is 1. The molecule has 1 aliphatic rings.